The number of benzene rings is 2. The Labute approximate surface area is 162 Å². The topological polar surface area (TPSA) is 49.4 Å². The van der Waals surface area contributed by atoms with Gasteiger partial charge in [-0.25, -0.2) is 0 Å². The molecule has 1 unspecified atom stereocenters. The van der Waals surface area contributed by atoms with Crippen LogP contribution >= 0.6 is 0 Å². The lowest BCUT2D eigenvalue weighted by Crippen LogP contribution is -2.50. The predicted molar refractivity (Wildman–Crippen MR) is 109 cm³/mol. The van der Waals surface area contributed by atoms with Crippen LogP contribution in [0, 0.1) is 5.92 Å². The van der Waals surface area contributed by atoms with Crippen molar-refractivity contribution in [3.63, 3.8) is 0 Å². The highest BCUT2D eigenvalue weighted by molar-refractivity contribution is 5.87. The van der Waals surface area contributed by atoms with Gasteiger partial charge in [0.05, 0.1) is 0 Å². The summed E-state index contributed by atoms with van der Waals surface area (Å²) in [6, 6.07) is 19.1. The Bertz CT molecular complexity index is 714. The maximum Gasteiger partial charge on any atom is 0.243 e. The van der Waals surface area contributed by atoms with Gasteiger partial charge in [0, 0.05) is 26.4 Å². The van der Waals surface area contributed by atoms with Crippen molar-refractivity contribution < 1.29 is 9.59 Å². The van der Waals surface area contributed by atoms with Crippen LogP contribution in [0.4, 0.5) is 0 Å². The lowest BCUT2D eigenvalue weighted by molar-refractivity contribution is -0.139. The van der Waals surface area contributed by atoms with E-state index in [0.717, 1.165) is 17.5 Å². The lowest BCUT2D eigenvalue weighted by Gasteiger charge is -2.30. The second-order valence-electron chi connectivity index (χ2n) is 7.31. The van der Waals surface area contributed by atoms with Gasteiger partial charge in [0.15, 0.2) is 0 Å². The molecule has 0 aliphatic heterocycles. The number of rotatable bonds is 9. The minimum Gasteiger partial charge on any atom is -0.354 e. The van der Waals surface area contributed by atoms with Crippen LogP contribution in [0.3, 0.4) is 0 Å². The Morgan fingerprint density at radius 3 is 2.00 bits per heavy atom. The molecule has 2 aromatic carbocycles. The quantitative estimate of drug-likeness (QED) is 0.734. The number of nitrogens with zero attached hydrogens (tertiary/aromatic N) is 1. The zero-order chi connectivity index (χ0) is 19.6. The Kier molecular flexibility index (Phi) is 8.05. The summed E-state index contributed by atoms with van der Waals surface area (Å²) in [5.74, 6) is 0.329. The van der Waals surface area contributed by atoms with E-state index in [1.165, 1.54) is 6.92 Å². The van der Waals surface area contributed by atoms with E-state index >= 15 is 0 Å². The Hall–Kier alpha value is -2.62. The summed E-state index contributed by atoms with van der Waals surface area (Å²) < 4.78 is 0. The van der Waals surface area contributed by atoms with Gasteiger partial charge in [0.1, 0.15) is 6.04 Å². The Morgan fingerprint density at radius 2 is 1.48 bits per heavy atom. The lowest BCUT2D eigenvalue weighted by atomic mass is 10.0. The van der Waals surface area contributed by atoms with E-state index < -0.39 is 6.04 Å². The second-order valence-corrected chi connectivity index (χ2v) is 7.31. The fraction of sp³-hybridized carbons (Fsp3) is 0.391. The monoisotopic (exact) mass is 366 g/mol. The van der Waals surface area contributed by atoms with Gasteiger partial charge in [0.2, 0.25) is 11.8 Å². The highest BCUT2D eigenvalue weighted by atomic mass is 16.2. The molecule has 2 rings (SSSR count). The third-order valence-corrected chi connectivity index (χ3v) is 4.57. The fourth-order valence-corrected chi connectivity index (χ4v) is 3.00. The number of hydrogen-bond acceptors (Lipinski definition) is 2. The molecule has 0 aromatic heterocycles. The molecule has 2 amide bonds. The first-order valence-electron chi connectivity index (χ1n) is 9.60. The van der Waals surface area contributed by atoms with Crippen LogP contribution < -0.4 is 5.32 Å². The van der Waals surface area contributed by atoms with Gasteiger partial charge in [-0.1, -0.05) is 74.5 Å². The normalized spacial score (nSPS) is 11.9. The summed E-state index contributed by atoms with van der Waals surface area (Å²) in [6.45, 7) is 6.84. The molecule has 0 heterocycles. The summed E-state index contributed by atoms with van der Waals surface area (Å²) >= 11 is 0. The standard InChI is InChI=1S/C23H30N2O2/c1-18(2)14-15-24-23(27)22(16-20-10-6-4-7-11-20)25(19(3)26)17-21-12-8-5-9-13-21/h4-13,18,22H,14-17H2,1-3H3,(H,24,27). The minimum absolute atomic E-state index is 0.0920. The van der Waals surface area contributed by atoms with Crippen LogP contribution in [0.5, 0.6) is 0 Å². The molecule has 0 aliphatic rings. The third kappa shape index (κ3) is 6.89. The van der Waals surface area contributed by atoms with Gasteiger partial charge < -0.3 is 10.2 Å². The largest absolute Gasteiger partial charge is 0.354 e. The average Bonchev–Trinajstić information content (AvgIpc) is 2.65. The number of carbonyl (C=O) groups is 2. The summed E-state index contributed by atoms with van der Waals surface area (Å²) in [5.41, 5.74) is 2.06. The van der Waals surface area contributed by atoms with Crippen LogP contribution in [-0.4, -0.2) is 29.3 Å². The van der Waals surface area contributed by atoms with Gasteiger partial charge in [-0.2, -0.15) is 0 Å². The van der Waals surface area contributed by atoms with Crippen molar-refractivity contribution in [1.29, 1.82) is 0 Å². The van der Waals surface area contributed by atoms with Crippen LogP contribution in [-0.2, 0) is 22.6 Å². The van der Waals surface area contributed by atoms with E-state index in [9.17, 15) is 9.59 Å². The zero-order valence-corrected chi connectivity index (χ0v) is 16.5. The summed E-state index contributed by atoms with van der Waals surface area (Å²) in [4.78, 5) is 27.0. The van der Waals surface area contributed by atoms with Gasteiger partial charge in [-0.15, -0.1) is 0 Å². The van der Waals surface area contributed by atoms with E-state index in [1.807, 2.05) is 60.7 Å². The summed E-state index contributed by atoms with van der Waals surface area (Å²) in [6.07, 6.45) is 1.42. The minimum atomic E-state index is -0.530. The molecule has 1 N–H and O–H groups in total. The van der Waals surface area contributed by atoms with Crippen molar-refractivity contribution in [3.8, 4) is 0 Å². The highest BCUT2D eigenvalue weighted by Gasteiger charge is 2.28. The van der Waals surface area contributed by atoms with Gasteiger partial charge in [0.25, 0.3) is 0 Å². The molecule has 0 saturated carbocycles. The second kappa shape index (κ2) is 10.5. The number of nitrogens with one attached hydrogen (secondary N) is 1. The molecule has 0 fully saturated rings. The van der Waals surface area contributed by atoms with Crippen molar-refractivity contribution >= 4 is 11.8 Å². The van der Waals surface area contributed by atoms with Gasteiger partial charge >= 0.3 is 0 Å². The van der Waals surface area contributed by atoms with Crippen LogP contribution in [0.2, 0.25) is 0 Å². The smallest absolute Gasteiger partial charge is 0.243 e. The molecule has 1 atom stereocenters. The Balaban J connectivity index is 2.21. The van der Waals surface area contributed by atoms with Crippen molar-refractivity contribution in [2.75, 3.05) is 6.54 Å². The molecule has 0 saturated heterocycles. The maximum atomic E-state index is 13.0. The van der Waals surface area contributed by atoms with E-state index in [-0.39, 0.29) is 11.8 Å². The molecule has 2 aromatic rings. The van der Waals surface area contributed by atoms with Crippen molar-refractivity contribution in [1.82, 2.24) is 10.2 Å². The molecule has 0 aliphatic carbocycles. The van der Waals surface area contributed by atoms with Crippen molar-refractivity contribution in [2.24, 2.45) is 5.92 Å². The molecule has 27 heavy (non-hydrogen) atoms. The van der Waals surface area contributed by atoms with Crippen LogP contribution in [0.15, 0.2) is 60.7 Å². The summed E-state index contributed by atoms with van der Waals surface area (Å²) in [7, 11) is 0. The fourth-order valence-electron chi connectivity index (χ4n) is 3.00. The zero-order valence-electron chi connectivity index (χ0n) is 16.5. The number of hydrogen-bond donors (Lipinski definition) is 1. The molecule has 0 bridgehead atoms. The van der Waals surface area contributed by atoms with E-state index in [1.54, 1.807) is 4.90 Å². The van der Waals surface area contributed by atoms with E-state index in [2.05, 4.69) is 19.2 Å². The summed E-state index contributed by atoms with van der Waals surface area (Å²) in [5, 5.41) is 3.02. The maximum absolute atomic E-state index is 13.0. The van der Waals surface area contributed by atoms with Gasteiger partial charge in [-0.3, -0.25) is 9.59 Å². The van der Waals surface area contributed by atoms with E-state index in [4.69, 9.17) is 0 Å². The first-order valence-corrected chi connectivity index (χ1v) is 9.60. The van der Waals surface area contributed by atoms with E-state index in [0.29, 0.717) is 25.4 Å². The number of amides is 2. The predicted octanol–water partition coefficient (Wildman–Crippen LogP) is 3.81. The Morgan fingerprint density at radius 1 is 0.926 bits per heavy atom. The molecular formula is C23H30N2O2. The van der Waals surface area contributed by atoms with Crippen molar-refractivity contribution in [3.05, 3.63) is 71.8 Å². The van der Waals surface area contributed by atoms with Crippen LogP contribution in [0.1, 0.15) is 38.3 Å². The molecular weight excluding hydrogens is 336 g/mol. The van der Waals surface area contributed by atoms with Crippen LogP contribution in [0.25, 0.3) is 0 Å². The van der Waals surface area contributed by atoms with Gasteiger partial charge in [-0.05, 0) is 23.5 Å². The molecule has 144 valence electrons. The molecule has 4 nitrogen and oxygen atoms in total. The highest BCUT2D eigenvalue weighted by Crippen LogP contribution is 2.14. The first kappa shape index (κ1) is 20.7. The average molecular weight is 367 g/mol. The molecule has 4 heteroatoms. The molecule has 0 spiro atoms. The SMILES string of the molecule is CC(=O)N(Cc1ccccc1)C(Cc1ccccc1)C(=O)NCCC(C)C. The van der Waals surface area contributed by atoms with Crippen molar-refractivity contribution in [2.45, 2.75) is 46.2 Å². The third-order valence-electron chi connectivity index (χ3n) is 4.57. The first-order chi connectivity index (χ1) is 13.0. The molecule has 0 radical (unpaired) electrons. The number of carbonyl (C=O) groups excluding carboxylic acids is 2.